The van der Waals surface area contributed by atoms with E-state index in [4.69, 9.17) is 4.74 Å². The molecule has 0 aliphatic carbocycles. The molecule has 0 aromatic heterocycles. The Kier molecular flexibility index (Phi) is 2.85. The van der Waals surface area contributed by atoms with Gasteiger partial charge in [-0.2, -0.15) is 0 Å². The van der Waals surface area contributed by atoms with E-state index in [1.54, 1.807) is 0 Å². The molecule has 14 heavy (non-hydrogen) atoms. The Bertz CT molecular complexity index is 311. The maximum Gasteiger partial charge on any atom is 0.0664 e. The smallest absolute Gasteiger partial charge is 0.0664 e. The molecule has 0 radical (unpaired) electrons. The molecule has 2 rings (SSSR count). The van der Waals surface area contributed by atoms with Gasteiger partial charge in [-0.1, -0.05) is 29.8 Å². The summed E-state index contributed by atoms with van der Waals surface area (Å²) in [7, 11) is 2.16. The molecule has 76 valence electrons. The van der Waals surface area contributed by atoms with E-state index in [-0.39, 0.29) is 0 Å². The average Bonchev–Trinajstić information content (AvgIpc) is 2.18. The molecule has 0 N–H and O–H groups in total. The van der Waals surface area contributed by atoms with Crippen molar-refractivity contribution in [2.75, 3.05) is 26.8 Å². The van der Waals surface area contributed by atoms with Gasteiger partial charge in [0.25, 0.3) is 0 Å². The van der Waals surface area contributed by atoms with E-state index in [1.165, 1.54) is 11.1 Å². The van der Waals surface area contributed by atoms with Crippen LogP contribution in [-0.4, -0.2) is 31.7 Å². The minimum Gasteiger partial charge on any atom is -0.378 e. The topological polar surface area (TPSA) is 12.5 Å². The normalized spacial score (nSPS) is 23.7. The Labute approximate surface area is 85.5 Å². The number of ether oxygens (including phenoxy) is 1. The van der Waals surface area contributed by atoms with Gasteiger partial charge in [-0.3, -0.25) is 4.90 Å². The van der Waals surface area contributed by atoms with Crippen molar-refractivity contribution in [1.82, 2.24) is 4.90 Å². The first-order valence-electron chi connectivity index (χ1n) is 5.12. The molecule has 1 atom stereocenters. The summed E-state index contributed by atoms with van der Waals surface area (Å²) in [6, 6.07) is 9.11. The molecule has 0 saturated carbocycles. The highest BCUT2D eigenvalue weighted by molar-refractivity contribution is 5.25. The van der Waals surface area contributed by atoms with Crippen LogP contribution in [0.15, 0.2) is 24.3 Å². The second-order valence-electron chi connectivity index (χ2n) is 3.99. The first-order valence-corrected chi connectivity index (χ1v) is 5.12. The summed E-state index contributed by atoms with van der Waals surface area (Å²) in [6.07, 6.45) is 0. The number of benzene rings is 1. The number of nitrogens with zero attached hydrogens (tertiary/aromatic N) is 1. The number of hydrogen-bond acceptors (Lipinski definition) is 2. The van der Waals surface area contributed by atoms with Crippen LogP contribution in [0.4, 0.5) is 0 Å². The SMILES string of the molecule is Cc1cccc([C@H]2COCCN2C)c1. The minimum absolute atomic E-state index is 0.434. The van der Waals surface area contributed by atoms with Crippen LogP contribution < -0.4 is 0 Å². The van der Waals surface area contributed by atoms with Gasteiger partial charge in [0.1, 0.15) is 0 Å². The summed E-state index contributed by atoms with van der Waals surface area (Å²) >= 11 is 0. The zero-order valence-electron chi connectivity index (χ0n) is 8.86. The van der Waals surface area contributed by atoms with E-state index in [9.17, 15) is 0 Å². The molecule has 0 spiro atoms. The van der Waals surface area contributed by atoms with Crippen molar-refractivity contribution in [2.45, 2.75) is 13.0 Å². The summed E-state index contributed by atoms with van der Waals surface area (Å²) in [6.45, 7) is 4.84. The van der Waals surface area contributed by atoms with Crippen LogP contribution in [-0.2, 0) is 4.74 Å². The van der Waals surface area contributed by atoms with Gasteiger partial charge in [0.2, 0.25) is 0 Å². The van der Waals surface area contributed by atoms with Gasteiger partial charge in [0, 0.05) is 6.54 Å². The van der Waals surface area contributed by atoms with Crippen molar-refractivity contribution in [2.24, 2.45) is 0 Å². The highest BCUT2D eigenvalue weighted by Crippen LogP contribution is 2.22. The summed E-state index contributed by atoms with van der Waals surface area (Å²) < 4.78 is 5.51. The molecule has 0 bridgehead atoms. The molecule has 1 aromatic rings. The molecule has 1 aliphatic rings. The maximum atomic E-state index is 5.51. The summed E-state index contributed by atoms with van der Waals surface area (Å²) in [4.78, 5) is 2.36. The highest BCUT2D eigenvalue weighted by Gasteiger charge is 2.20. The van der Waals surface area contributed by atoms with E-state index in [2.05, 4.69) is 43.1 Å². The Morgan fingerprint density at radius 1 is 1.43 bits per heavy atom. The Morgan fingerprint density at radius 3 is 3.00 bits per heavy atom. The summed E-state index contributed by atoms with van der Waals surface area (Å²) in [5.41, 5.74) is 2.69. The molecule has 1 saturated heterocycles. The Morgan fingerprint density at radius 2 is 2.29 bits per heavy atom. The van der Waals surface area contributed by atoms with E-state index in [0.29, 0.717) is 6.04 Å². The third-order valence-electron chi connectivity index (χ3n) is 2.82. The van der Waals surface area contributed by atoms with Gasteiger partial charge in [-0.05, 0) is 19.5 Å². The lowest BCUT2D eigenvalue weighted by molar-refractivity contribution is 0.00504. The lowest BCUT2D eigenvalue weighted by atomic mass is 10.0. The molecule has 0 unspecified atom stereocenters. The zero-order valence-corrected chi connectivity index (χ0v) is 8.86. The van der Waals surface area contributed by atoms with Gasteiger partial charge in [0.05, 0.1) is 19.3 Å². The quantitative estimate of drug-likeness (QED) is 0.673. The molecule has 2 heteroatoms. The van der Waals surface area contributed by atoms with Crippen LogP contribution in [0.2, 0.25) is 0 Å². The Hall–Kier alpha value is -0.860. The molecular formula is C12H17NO. The van der Waals surface area contributed by atoms with Crippen LogP contribution in [0.25, 0.3) is 0 Å². The maximum absolute atomic E-state index is 5.51. The van der Waals surface area contributed by atoms with Crippen molar-refractivity contribution in [3.63, 3.8) is 0 Å². The van der Waals surface area contributed by atoms with Gasteiger partial charge in [-0.25, -0.2) is 0 Å². The third-order valence-corrected chi connectivity index (χ3v) is 2.82. The van der Waals surface area contributed by atoms with Gasteiger partial charge in [-0.15, -0.1) is 0 Å². The van der Waals surface area contributed by atoms with Crippen LogP contribution in [0.5, 0.6) is 0 Å². The number of rotatable bonds is 1. The second-order valence-corrected chi connectivity index (χ2v) is 3.99. The van der Waals surface area contributed by atoms with Crippen LogP contribution >= 0.6 is 0 Å². The van der Waals surface area contributed by atoms with Crippen LogP contribution in [0.3, 0.4) is 0 Å². The van der Waals surface area contributed by atoms with Crippen molar-refractivity contribution in [3.8, 4) is 0 Å². The number of hydrogen-bond donors (Lipinski definition) is 0. The van der Waals surface area contributed by atoms with Crippen molar-refractivity contribution in [1.29, 1.82) is 0 Å². The fraction of sp³-hybridized carbons (Fsp3) is 0.500. The highest BCUT2D eigenvalue weighted by atomic mass is 16.5. The van der Waals surface area contributed by atoms with Crippen molar-refractivity contribution >= 4 is 0 Å². The van der Waals surface area contributed by atoms with Crippen molar-refractivity contribution in [3.05, 3.63) is 35.4 Å². The largest absolute Gasteiger partial charge is 0.378 e. The fourth-order valence-corrected chi connectivity index (χ4v) is 1.91. The molecular weight excluding hydrogens is 174 g/mol. The lowest BCUT2D eigenvalue weighted by Gasteiger charge is -2.32. The molecule has 1 heterocycles. The van der Waals surface area contributed by atoms with E-state index in [1.807, 2.05) is 0 Å². The third kappa shape index (κ3) is 1.97. The monoisotopic (exact) mass is 191 g/mol. The first kappa shape index (κ1) is 9.69. The second kappa shape index (κ2) is 4.11. The molecule has 2 nitrogen and oxygen atoms in total. The predicted molar refractivity (Wildman–Crippen MR) is 57.4 cm³/mol. The number of aryl methyl sites for hydroxylation is 1. The molecule has 1 fully saturated rings. The molecule has 1 aromatic carbocycles. The summed E-state index contributed by atoms with van der Waals surface area (Å²) in [5.74, 6) is 0. The van der Waals surface area contributed by atoms with Crippen molar-refractivity contribution < 1.29 is 4.74 Å². The first-order chi connectivity index (χ1) is 6.77. The lowest BCUT2D eigenvalue weighted by Crippen LogP contribution is -2.36. The summed E-state index contributed by atoms with van der Waals surface area (Å²) in [5, 5.41) is 0. The number of likely N-dealkylation sites (N-methyl/N-ethyl adjacent to an activating group) is 1. The van der Waals surface area contributed by atoms with Gasteiger partial charge < -0.3 is 4.74 Å². The number of morpholine rings is 1. The predicted octanol–water partition coefficient (Wildman–Crippen LogP) is 2.00. The standard InChI is InChI=1S/C12H17NO/c1-10-4-3-5-11(8-10)12-9-14-7-6-13(12)2/h3-5,8,12H,6-7,9H2,1-2H3/t12-/m1/s1. The minimum atomic E-state index is 0.434. The van der Waals surface area contributed by atoms with E-state index in [0.717, 1.165) is 19.8 Å². The zero-order chi connectivity index (χ0) is 9.97. The Balaban J connectivity index is 2.20. The molecule has 1 aliphatic heterocycles. The van der Waals surface area contributed by atoms with Crippen LogP contribution in [0, 0.1) is 6.92 Å². The van der Waals surface area contributed by atoms with Gasteiger partial charge in [0.15, 0.2) is 0 Å². The van der Waals surface area contributed by atoms with Gasteiger partial charge >= 0.3 is 0 Å². The fourth-order valence-electron chi connectivity index (χ4n) is 1.91. The van der Waals surface area contributed by atoms with Crippen LogP contribution in [0.1, 0.15) is 17.2 Å². The average molecular weight is 191 g/mol. The van der Waals surface area contributed by atoms with E-state index >= 15 is 0 Å². The molecule has 0 amide bonds. The van der Waals surface area contributed by atoms with E-state index < -0.39 is 0 Å².